The molecule has 4 nitrogen and oxygen atoms in total. The molecule has 0 spiro atoms. The lowest BCUT2D eigenvalue weighted by Crippen LogP contribution is -2.29. The van der Waals surface area contributed by atoms with Gasteiger partial charge >= 0.3 is 0 Å². The Hall–Kier alpha value is -2.75. The molecule has 0 atom stereocenters. The summed E-state index contributed by atoms with van der Waals surface area (Å²) >= 11 is 0. The lowest BCUT2D eigenvalue weighted by Gasteiger charge is -2.09. The number of rotatable bonds is 6. The van der Waals surface area contributed by atoms with E-state index in [9.17, 15) is 4.79 Å². The average Bonchev–Trinajstić information content (AvgIpc) is 3.25. The van der Waals surface area contributed by atoms with Gasteiger partial charge in [0.1, 0.15) is 17.9 Å². The number of benzene rings is 2. The zero-order valence-electron chi connectivity index (χ0n) is 15.0. The standard InChI is InChI=1S/C22H23NO3/c1-15-5-2-3-8-20(15)25-10-9-23-22(24)13-18-14-26-21-12-17-7-4-6-16(17)11-19(18)21/h2-3,5,8,11-12,14H,4,6-7,9-10,13H2,1H3,(H,23,24). The molecule has 0 saturated heterocycles. The Morgan fingerprint density at radius 2 is 2.00 bits per heavy atom. The summed E-state index contributed by atoms with van der Waals surface area (Å²) in [7, 11) is 0. The number of carbonyl (C=O) groups is 1. The second kappa shape index (κ2) is 7.24. The molecule has 0 unspecified atom stereocenters. The second-order valence-corrected chi connectivity index (χ2v) is 6.87. The molecule has 1 aromatic heterocycles. The lowest BCUT2D eigenvalue weighted by molar-refractivity contribution is -0.120. The number of hydrogen-bond acceptors (Lipinski definition) is 3. The molecule has 0 aliphatic heterocycles. The van der Waals surface area contributed by atoms with Gasteiger partial charge in [-0.1, -0.05) is 18.2 Å². The molecule has 26 heavy (non-hydrogen) atoms. The fourth-order valence-corrected chi connectivity index (χ4v) is 3.59. The van der Waals surface area contributed by atoms with Gasteiger partial charge in [0.05, 0.1) is 19.2 Å². The molecule has 0 radical (unpaired) electrons. The smallest absolute Gasteiger partial charge is 0.224 e. The summed E-state index contributed by atoms with van der Waals surface area (Å²) in [5, 5.41) is 3.99. The fraction of sp³-hybridized carbons (Fsp3) is 0.318. The largest absolute Gasteiger partial charge is 0.491 e. The Kier molecular flexibility index (Phi) is 4.65. The van der Waals surface area contributed by atoms with Crippen LogP contribution in [0.5, 0.6) is 5.75 Å². The first-order valence-corrected chi connectivity index (χ1v) is 9.18. The first-order chi connectivity index (χ1) is 12.7. The van der Waals surface area contributed by atoms with Crippen LogP contribution < -0.4 is 10.1 Å². The van der Waals surface area contributed by atoms with Crippen LogP contribution in [-0.4, -0.2) is 19.1 Å². The molecule has 0 bridgehead atoms. The molecule has 4 rings (SSSR count). The molecule has 3 aromatic rings. The van der Waals surface area contributed by atoms with Gasteiger partial charge in [-0.2, -0.15) is 0 Å². The average molecular weight is 349 g/mol. The molecular formula is C22H23NO3. The van der Waals surface area contributed by atoms with Gasteiger partial charge in [-0.3, -0.25) is 4.79 Å². The molecule has 1 aliphatic rings. The first kappa shape index (κ1) is 16.7. The quantitative estimate of drug-likeness (QED) is 0.685. The third-order valence-electron chi connectivity index (χ3n) is 4.99. The summed E-state index contributed by atoms with van der Waals surface area (Å²) in [6.45, 7) is 2.95. The molecule has 4 heteroatoms. The molecule has 1 amide bonds. The highest BCUT2D eigenvalue weighted by atomic mass is 16.5. The normalized spacial score (nSPS) is 13.0. The van der Waals surface area contributed by atoms with Crippen molar-refractivity contribution in [3.05, 3.63) is 64.9 Å². The molecule has 0 saturated carbocycles. The van der Waals surface area contributed by atoms with Gasteiger partial charge in [0.15, 0.2) is 0 Å². The summed E-state index contributed by atoms with van der Waals surface area (Å²) in [5.74, 6) is 0.845. The van der Waals surface area contributed by atoms with Crippen molar-refractivity contribution in [2.24, 2.45) is 0 Å². The maximum absolute atomic E-state index is 12.3. The van der Waals surface area contributed by atoms with Crippen molar-refractivity contribution in [3.63, 3.8) is 0 Å². The first-order valence-electron chi connectivity index (χ1n) is 9.18. The number of carbonyl (C=O) groups excluding carboxylic acids is 1. The van der Waals surface area contributed by atoms with E-state index in [4.69, 9.17) is 9.15 Å². The minimum Gasteiger partial charge on any atom is -0.491 e. The van der Waals surface area contributed by atoms with Crippen LogP contribution in [0.2, 0.25) is 0 Å². The Labute approximate surface area is 153 Å². The Morgan fingerprint density at radius 1 is 1.19 bits per heavy atom. The van der Waals surface area contributed by atoms with Crippen molar-refractivity contribution in [3.8, 4) is 5.75 Å². The van der Waals surface area contributed by atoms with E-state index < -0.39 is 0 Å². The lowest BCUT2D eigenvalue weighted by atomic mass is 10.0. The monoisotopic (exact) mass is 349 g/mol. The molecule has 1 aliphatic carbocycles. The highest BCUT2D eigenvalue weighted by molar-refractivity contribution is 5.88. The number of fused-ring (bicyclic) bond motifs is 2. The van der Waals surface area contributed by atoms with Gasteiger partial charge in [-0.05, 0) is 61.1 Å². The predicted molar refractivity (Wildman–Crippen MR) is 102 cm³/mol. The fourth-order valence-electron chi connectivity index (χ4n) is 3.59. The van der Waals surface area contributed by atoms with Crippen molar-refractivity contribution < 1.29 is 13.9 Å². The Bertz CT molecular complexity index is 942. The van der Waals surface area contributed by atoms with Gasteiger partial charge in [0.2, 0.25) is 5.91 Å². The van der Waals surface area contributed by atoms with E-state index in [1.54, 1.807) is 6.26 Å². The van der Waals surface area contributed by atoms with Gasteiger partial charge in [0, 0.05) is 10.9 Å². The van der Waals surface area contributed by atoms with E-state index in [0.717, 1.165) is 40.7 Å². The van der Waals surface area contributed by atoms with Gasteiger partial charge in [0.25, 0.3) is 0 Å². The van der Waals surface area contributed by atoms with Crippen LogP contribution >= 0.6 is 0 Å². The van der Waals surface area contributed by atoms with Crippen molar-refractivity contribution in [2.45, 2.75) is 32.6 Å². The van der Waals surface area contributed by atoms with Gasteiger partial charge in [-0.25, -0.2) is 0 Å². The second-order valence-electron chi connectivity index (χ2n) is 6.87. The third-order valence-corrected chi connectivity index (χ3v) is 4.99. The highest BCUT2D eigenvalue weighted by Gasteiger charge is 2.16. The summed E-state index contributed by atoms with van der Waals surface area (Å²) in [5.41, 5.74) is 5.71. The van der Waals surface area contributed by atoms with Crippen LogP contribution in [0, 0.1) is 6.92 Å². The highest BCUT2D eigenvalue weighted by Crippen LogP contribution is 2.30. The van der Waals surface area contributed by atoms with E-state index in [-0.39, 0.29) is 5.91 Å². The van der Waals surface area contributed by atoms with E-state index in [1.165, 1.54) is 17.5 Å². The molecule has 134 valence electrons. The SMILES string of the molecule is Cc1ccccc1OCCNC(=O)Cc1coc2cc3c(cc12)CCC3. The molecular weight excluding hydrogens is 326 g/mol. The summed E-state index contributed by atoms with van der Waals surface area (Å²) in [4.78, 5) is 12.3. The summed E-state index contributed by atoms with van der Waals surface area (Å²) in [6, 6.07) is 12.2. The number of ether oxygens (including phenoxy) is 1. The molecule has 1 heterocycles. The number of furan rings is 1. The minimum atomic E-state index is -0.0124. The van der Waals surface area contributed by atoms with Crippen LogP contribution in [0.1, 0.15) is 28.7 Å². The molecule has 2 aromatic carbocycles. The predicted octanol–water partition coefficient (Wildman–Crippen LogP) is 3.97. The van der Waals surface area contributed by atoms with E-state index >= 15 is 0 Å². The van der Waals surface area contributed by atoms with Crippen LogP contribution in [-0.2, 0) is 24.1 Å². The zero-order chi connectivity index (χ0) is 17.9. The van der Waals surface area contributed by atoms with Crippen molar-refractivity contribution in [1.82, 2.24) is 5.32 Å². The summed E-state index contributed by atoms with van der Waals surface area (Å²) in [6.07, 6.45) is 5.50. The third kappa shape index (κ3) is 3.45. The van der Waals surface area contributed by atoms with Crippen molar-refractivity contribution >= 4 is 16.9 Å². The number of para-hydroxylation sites is 1. The van der Waals surface area contributed by atoms with Gasteiger partial charge in [-0.15, -0.1) is 0 Å². The van der Waals surface area contributed by atoms with Crippen molar-refractivity contribution in [1.29, 1.82) is 0 Å². The zero-order valence-corrected chi connectivity index (χ0v) is 15.0. The van der Waals surface area contributed by atoms with Crippen LogP contribution in [0.25, 0.3) is 11.0 Å². The molecule has 0 fully saturated rings. The van der Waals surface area contributed by atoms with Gasteiger partial charge < -0.3 is 14.5 Å². The topological polar surface area (TPSA) is 51.5 Å². The van der Waals surface area contributed by atoms with Crippen LogP contribution in [0.3, 0.4) is 0 Å². The van der Waals surface area contributed by atoms with Crippen LogP contribution in [0.15, 0.2) is 47.1 Å². The maximum Gasteiger partial charge on any atom is 0.224 e. The summed E-state index contributed by atoms with van der Waals surface area (Å²) < 4.78 is 11.4. The van der Waals surface area contributed by atoms with Crippen molar-refractivity contribution in [2.75, 3.05) is 13.2 Å². The number of amides is 1. The van der Waals surface area contributed by atoms with E-state index in [0.29, 0.717) is 19.6 Å². The van der Waals surface area contributed by atoms with E-state index in [2.05, 4.69) is 17.4 Å². The number of hydrogen-bond donors (Lipinski definition) is 1. The number of nitrogens with one attached hydrogen (secondary N) is 1. The molecule has 1 N–H and O–H groups in total. The Balaban J connectivity index is 1.32. The maximum atomic E-state index is 12.3. The minimum absolute atomic E-state index is 0.0124. The van der Waals surface area contributed by atoms with E-state index in [1.807, 2.05) is 31.2 Å². The number of aryl methyl sites for hydroxylation is 3. The van der Waals surface area contributed by atoms with Crippen LogP contribution in [0.4, 0.5) is 0 Å². The Morgan fingerprint density at radius 3 is 2.85 bits per heavy atom.